The van der Waals surface area contributed by atoms with E-state index in [1.807, 2.05) is 18.2 Å². The van der Waals surface area contributed by atoms with E-state index in [1.165, 1.54) is 12.8 Å². The number of amides is 1. The van der Waals surface area contributed by atoms with Crippen LogP contribution in [0.1, 0.15) is 51.8 Å². The zero-order valence-corrected chi connectivity index (χ0v) is 15.0. The number of para-hydroxylation sites is 1. The summed E-state index contributed by atoms with van der Waals surface area (Å²) < 4.78 is 0. The van der Waals surface area contributed by atoms with E-state index in [-0.39, 0.29) is 11.5 Å². The number of carbonyl (C=O) groups is 1. The molecule has 5 nitrogen and oxygen atoms in total. The van der Waals surface area contributed by atoms with Crippen molar-refractivity contribution in [3.63, 3.8) is 0 Å². The van der Waals surface area contributed by atoms with Crippen LogP contribution >= 0.6 is 0 Å². The SMILES string of the molecule is C[C@H]1[C@H](C)CCC[C@@H]1NC(=O)CCCc1nc2ccccc2c(=O)[nH]1. The third-order valence-electron chi connectivity index (χ3n) is 5.53. The molecule has 0 unspecified atom stereocenters. The van der Waals surface area contributed by atoms with Gasteiger partial charge in [0.1, 0.15) is 5.82 Å². The first-order valence-corrected chi connectivity index (χ1v) is 9.32. The van der Waals surface area contributed by atoms with Gasteiger partial charge in [-0.3, -0.25) is 9.59 Å². The zero-order chi connectivity index (χ0) is 17.8. The number of nitrogens with zero attached hydrogens (tertiary/aromatic N) is 1. The van der Waals surface area contributed by atoms with Crippen LogP contribution in [0, 0.1) is 11.8 Å². The number of fused-ring (bicyclic) bond motifs is 1. The average Bonchev–Trinajstić information content (AvgIpc) is 2.59. The molecule has 3 atom stereocenters. The topological polar surface area (TPSA) is 74.8 Å². The zero-order valence-electron chi connectivity index (χ0n) is 15.0. The van der Waals surface area contributed by atoms with E-state index in [9.17, 15) is 9.59 Å². The Hall–Kier alpha value is -2.17. The number of H-pyrrole nitrogens is 1. The van der Waals surface area contributed by atoms with Crippen LogP contribution in [0.4, 0.5) is 0 Å². The lowest BCUT2D eigenvalue weighted by molar-refractivity contribution is -0.122. The molecule has 1 aromatic heterocycles. The minimum atomic E-state index is -0.116. The molecule has 0 bridgehead atoms. The lowest BCUT2D eigenvalue weighted by Gasteiger charge is -2.34. The second-order valence-corrected chi connectivity index (χ2v) is 7.32. The first-order valence-electron chi connectivity index (χ1n) is 9.32. The Balaban J connectivity index is 1.52. The molecule has 0 saturated heterocycles. The molecule has 3 rings (SSSR count). The van der Waals surface area contributed by atoms with Crippen molar-refractivity contribution in [1.82, 2.24) is 15.3 Å². The van der Waals surface area contributed by atoms with Crippen molar-refractivity contribution >= 4 is 16.8 Å². The molecule has 0 aliphatic heterocycles. The lowest BCUT2D eigenvalue weighted by atomic mass is 9.78. The Labute approximate surface area is 148 Å². The van der Waals surface area contributed by atoms with Gasteiger partial charge in [0.05, 0.1) is 10.9 Å². The first kappa shape index (κ1) is 17.6. The van der Waals surface area contributed by atoms with Gasteiger partial charge in [-0.15, -0.1) is 0 Å². The second-order valence-electron chi connectivity index (χ2n) is 7.32. The normalized spacial score (nSPS) is 23.5. The molecule has 1 aliphatic rings. The van der Waals surface area contributed by atoms with Gasteiger partial charge in [0.2, 0.25) is 5.91 Å². The van der Waals surface area contributed by atoms with E-state index in [0.717, 1.165) is 6.42 Å². The molecule has 134 valence electrons. The monoisotopic (exact) mass is 341 g/mol. The summed E-state index contributed by atoms with van der Waals surface area (Å²) in [5.41, 5.74) is 0.589. The van der Waals surface area contributed by atoms with Crippen LogP contribution in [-0.4, -0.2) is 21.9 Å². The molecule has 25 heavy (non-hydrogen) atoms. The van der Waals surface area contributed by atoms with Crippen LogP contribution in [-0.2, 0) is 11.2 Å². The maximum absolute atomic E-state index is 12.2. The molecule has 2 N–H and O–H groups in total. The summed E-state index contributed by atoms with van der Waals surface area (Å²) in [5.74, 6) is 1.97. The summed E-state index contributed by atoms with van der Waals surface area (Å²) in [5, 5.41) is 3.80. The number of nitrogens with one attached hydrogen (secondary N) is 2. The maximum atomic E-state index is 12.2. The highest BCUT2D eigenvalue weighted by Crippen LogP contribution is 2.29. The van der Waals surface area contributed by atoms with Crippen molar-refractivity contribution in [3.05, 3.63) is 40.4 Å². The Morgan fingerprint density at radius 1 is 1.28 bits per heavy atom. The number of hydrogen-bond acceptors (Lipinski definition) is 3. The van der Waals surface area contributed by atoms with Crippen molar-refractivity contribution in [1.29, 1.82) is 0 Å². The minimum Gasteiger partial charge on any atom is -0.353 e. The lowest BCUT2D eigenvalue weighted by Crippen LogP contribution is -2.43. The number of aromatic nitrogens is 2. The van der Waals surface area contributed by atoms with E-state index in [1.54, 1.807) is 6.07 Å². The van der Waals surface area contributed by atoms with Crippen LogP contribution in [0.3, 0.4) is 0 Å². The molecule has 5 heteroatoms. The Morgan fingerprint density at radius 3 is 2.92 bits per heavy atom. The summed E-state index contributed by atoms with van der Waals surface area (Å²) in [7, 11) is 0. The van der Waals surface area contributed by atoms with Gasteiger partial charge in [-0.2, -0.15) is 0 Å². The van der Waals surface area contributed by atoms with Crippen molar-refractivity contribution in [2.75, 3.05) is 0 Å². The minimum absolute atomic E-state index is 0.106. The van der Waals surface area contributed by atoms with Gasteiger partial charge >= 0.3 is 0 Å². The second kappa shape index (κ2) is 7.81. The standard InChI is InChI=1S/C20H27N3O2/c1-13-7-5-10-16(14(13)2)22-19(24)12-6-11-18-21-17-9-4-3-8-15(17)20(25)23-18/h3-4,8-9,13-14,16H,5-7,10-12H2,1-2H3,(H,22,24)(H,21,23,25)/t13-,14+,16+/m1/s1. The Kier molecular flexibility index (Phi) is 5.51. The number of benzene rings is 1. The van der Waals surface area contributed by atoms with Gasteiger partial charge in [-0.1, -0.05) is 38.8 Å². The van der Waals surface area contributed by atoms with Crippen molar-refractivity contribution < 1.29 is 4.79 Å². The molecule has 1 fully saturated rings. The summed E-state index contributed by atoms with van der Waals surface area (Å²) in [6, 6.07) is 7.61. The van der Waals surface area contributed by atoms with Crippen molar-refractivity contribution in [3.8, 4) is 0 Å². The van der Waals surface area contributed by atoms with Crippen molar-refractivity contribution in [2.24, 2.45) is 11.8 Å². The number of rotatable bonds is 5. The fraction of sp³-hybridized carbons (Fsp3) is 0.550. The summed E-state index contributed by atoms with van der Waals surface area (Å²) >= 11 is 0. The van der Waals surface area contributed by atoms with Crippen LogP contribution < -0.4 is 10.9 Å². The molecule has 1 aliphatic carbocycles. The molecular weight excluding hydrogens is 314 g/mol. The molecule has 0 spiro atoms. The van der Waals surface area contributed by atoms with E-state index in [4.69, 9.17) is 0 Å². The smallest absolute Gasteiger partial charge is 0.258 e. The van der Waals surface area contributed by atoms with Gasteiger partial charge < -0.3 is 10.3 Å². The molecule has 0 radical (unpaired) electrons. The average molecular weight is 341 g/mol. The Morgan fingerprint density at radius 2 is 2.08 bits per heavy atom. The van der Waals surface area contributed by atoms with Crippen LogP contribution in [0.25, 0.3) is 10.9 Å². The predicted octanol–water partition coefficient (Wildman–Crippen LogP) is 3.19. The van der Waals surface area contributed by atoms with Gasteiger partial charge in [0, 0.05) is 18.9 Å². The number of aromatic amines is 1. The quantitative estimate of drug-likeness (QED) is 0.877. The molecule has 2 aromatic rings. The third kappa shape index (κ3) is 4.27. The van der Waals surface area contributed by atoms with E-state index < -0.39 is 0 Å². The van der Waals surface area contributed by atoms with Gasteiger partial charge in [-0.25, -0.2) is 4.98 Å². The molecule has 1 heterocycles. The highest BCUT2D eigenvalue weighted by Gasteiger charge is 2.27. The van der Waals surface area contributed by atoms with Crippen molar-refractivity contribution in [2.45, 2.75) is 58.4 Å². The van der Waals surface area contributed by atoms with Gasteiger partial charge in [0.15, 0.2) is 0 Å². The third-order valence-corrected chi connectivity index (χ3v) is 5.53. The fourth-order valence-electron chi connectivity index (χ4n) is 3.73. The first-order chi connectivity index (χ1) is 12.0. The fourth-order valence-corrected chi connectivity index (χ4v) is 3.73. The molecule has 1 saturated carbocycles. The van der Waals surface area contributed by atoms with Crippen LogP contribution in [0.2, 0.25) is 0 Å². The van der Waals surface area contributed by atoms with E-state index in [2.05, 4.69) is 29.1 Å². The highest BCUT2D eigenvalue weighted by molar-refractivity contribution is 5.77. The van der Waals surface area contributed by atoms with E-state index in [0.29, 0.717) is 53.9 Å². The maximum Gasteiger partial charge on any atom is 0.258 e. The number of carbonyl (C=O) groups excluding carboxylic acids is 1. The number of aryl methyl sites for hydroxylation is 1. The van der Waals surface area contributed by atoms with Gasteiger partial charge in [-0.05, 0) is 36.8 Å². The summed E-state index contributed by atoms with van der Waals surface area (Å²) in [4.78, 5) is 31.6. The van der Waals surface area contributed by atoms with Gasteiger partial charge in [0.25, 0.3) is 5.56 Å². The Bertz CT molecular complexity index is 799. The highest BCUT2D eigenvalue weighted by atomic mass is 16.1. The molecule has 1 amide bonds. The predicted molar refractivity (Wildman–Crippen MR) is 99.4 cm³/mol. The molecule has 1 aromatic carbocycles. The van der Waals surface area contributed by atoms with Crippen LogP contribution in [0.5, 0.6) is 0 Å². The molecular formula is C20H27N3O2. The van der Waals surface area contributed by atoms with E-state index >= 15 is 0 Å². The summed E-state index contributed by atoms with van der Waals surface area (Å²) in [6.07, 6.45) is 5.28. The summed E-state index contributed by atoms with van der Waals surface area (Å²) in [6.45, 7) is 4.50. The number of hydrogen-bond donors (Lipinski definition) is 2. The van der Waals surface area contributed by atoms with Crippen LogP contribution in [0.15, 0.2) is 29.1 Å². The largest absolute Gasteiger partial charge is 0.353 e.